The summed E-state index contributed by atoms with van der Waals surface area (Å²) < 4.78 is 5.46. The van der Waals surface area contributed by atoms with Crippen LogP contribution in [0.2, 0.25) is 0 Å². The standard InChI is InChI=1S/C16H20N2O/c1-4-19-14-8-13(9-18-10-14)16(17)15-6-5-11(2)7-12(15)3/h5-10,16H,4,17H2,1-3H3. The molecule has 0 spiro atoms. The van der Waals surface area contributed by atoms with Gasteiger partial charge < -0.3 is 10.5 Å². The minimum absolute atomic E-state index is 0.173. The summed E-state index contributed by atoms with van der Waals surface area (Å²) in [4.78, 5) is 4.19. The fourth-order valence-corrected chi connectivity index (χ4v) is 2.21. The zero-order chi connectivity index (χ0) is 13.8. The molecule has 1 unspecified atom stereocenters. The normalized spacial score (nSPS) is 12.2. The van der Waals surface area contributed by atoms with E-state index in [1.54, 1.807) is 12.4 Å². The zero-order valence-electron chi connectivity index (χ0n) is 11.7. The monoisotopic (exact) mass is 256 g/mol. The van der Waals surface area contributed by atoms with Gasteiger partial charge in [-0.25, -0.2) is 0 Å². The number of aromatic nitrogens is 1. The Balaban J connectivity index is 2.32. The Labute approximate surface area is 114 Å². The van der Waals surface area contributed by atoms with Crippen LogP contribution in [0.1, 0.15) is 35.2 Å². The molecule has 100 valence electrons. The first kappa shape index (κ1) is 13.6. The first-order valence-corrected chi connectivity index (χ1v) is 6.52. The molecule has 2 N–H and O–H groups in total. The highest BCUT2D eigenvalue weighted by Crippen LogP contribution is 2.25. The predicted octanol–water partition coefficient (Wildman–Crippen LogP) is 3.15. The van der Waals surface area contributed by atoms with Crippen molar-refractivity contribution in [3.05, 3.63) is 58.9 Å². The molecule has 1 atom stereocenters. The van der Waals surface area contributed by atoms with Crippen LogP contribution in [0, 0.1) is 13.8 Å². The third-order valence-electron chi connectivity index (χ3n) is 3.16. The van der Waals surface area contributed by atoms with E-state index in [0.717, 1.165) is 16.9 Å². The van der Waals surface area contributed by atoms with Crippen molar-refractivity contribution in [2.24, 2.45) is 5.73 Å². The van der Waals surface area contributed by atoms with Gasteiger partial charge in [-0.15, -0.1) is 0 Å². The van der Waals surface area contributed by atoms with E-state index in [9.17, 15) is 0 Å². The Morgan fingerprint density at radius 2 is 2.00 bits per heavy atom. The van der Waals surface area contributed by atoms with E-state index in [1.165, 1.54) is 11.1 Å². The second-order valence-electron chi connectivity index (χ2n) is 4.72. The Hall–Kier alpha value is -1.87. The van der Waals surface area contributed by atoms with Crippen LogP contribution in [-0.4, -0.2) is 11.6 Å². The summed E-state index contributed by atoms with van der Waals surface area (Å²) in [5, 5.41) is 0. The van der Waals surface area contributed by atoms with E-state index in [0.29, 0.717) is 6.61 Å². The van der Waals surface area contributed by atoms with E-state index < -0.39 is 0 Å². The molecule has 0 fully saturated rings. The van der Waals surface area contributed by atoms with Crippen LogP contribution in [0.5, 0.6) is 5.75 Å². The molecule has 0 aliphatic rings. The molecule has 0 bridgehead atoms. The average molecular weight is 256 g/mol. The fourth-order valence-electron chi connectivity index (χ4n) is 2.21. The number of hydrogen-bond donors (Lipinski definition) is 1. The number of benzene rings is 1. The largest absolute Gasteiger partial charge is 0.492 e. The van der Waals surface area contributed by atoms with Gasteiger partial charge in [0.25, 0.3) is 0 Å². The molecule has 2 rings (SSSR count). The maximum atomic E-state index is 6.34. The summed E-state index contributed by atoms with van der Waals surface area (Å²) in [7, 11) is 0. The summed E-state index contributed by atoms with van der Waals surface area (Å²) in [6.07, 6.45) is 3.51. The highest BCUT2D eigenvalue weighted by atomic mass is 16.5. The van der Waals surface area contributed by atoms with Crippen molar-refractivity contribution in [2.75, 3.05) is 6.61 Å². The van der Waals surface area contributed by atoms with Crippen molar-refractivity contribution in [1.29, 1.82) is 0 Å². The molecule has 0 aliphatic carbocycles. The molecule has 0 radical (unpaired) electrons. The highest BCUT2D eigenvalue weighted by molar-refractivity contribution is 5.39. The molecule has 3 heteroatoms. The lowest BCUT2D eigenvalue weighted by atomic mass is 9.95. The van der Waals surface area contributed by atoms with Crippen LogP contribution in [0.15, 0.2) is 36.7 Å². The van der Waals surface area contributed by atoms with E-state index in [2.05, 4.69) is 37.0 Å². The molecule has 0 amide bonds. The Morgan fingerprint density at radius 3 is 2.68 bits per heavy atom. The number of aryl methyl sites for hydroxylation is 2. The molecule has 19 heavy (non-hydrogen) atoms. The van der Waals surface area contributed by atoms with Crippen LogP contribution in [0.25, 0.3) is 0 Å². The number of rotatable bonds is 4. The molecule has 0 saturated carbocycles. The van der Waals surface area contributed by atoms with Crippen molar-refractivity contribution in [3.8, 4) is 5.75 Å². The van der Waals surface area contributed by atoms with Crippen LogP contribution in [0.4, 0.5) is 0 Å². The SMILES string of the molecule is CCOc1cncc(C(N)c2ccc(C)cc2C)c1. The van der Waals surface area contributed by atoms with Gasteiger partial charge in [0.2, 0.25) is 0 Å². The molecular formula is C16H20N2O. The first-order chi connectivity index (χ1) is 9.11. The molecule has 1 heterocycles. The highest BCUT2D eigenvalue weighted by Gasteiger charge is 2.12. The van der Waals surface area contributed by atoms with E-state index in [4.69, 9.17) is 10.5 Å². The van der Waals surface area contributed by atoms with Crippen LogP contribution < -0.4 is 10.5 Å². The number of pyridine rings is 1. The van der Waals surface area contributed by atoms with Gasteiger partial charge in [-0.2, -0.15) is 0 Å². The van der Waals surface area contributed by atoms with Gasteiger partial charge in [0.1, 0.15) is 5.75 Å². The second-order valence-corrected chi connectivity index (χ2v) is 4.72. The summed E-state index contributed by atoms with van der Waals surface area (Å²) in [5.74, 6) is 0.764. The van der Waals surface area contributed by atoms with E-state index in [1.807, 2.05) is 13.0 Å². The van der Waals surface area contributed by atoms with Gasteiger partial charge in [0, 0.05) is 6.20 Å². The lowest BCUT2D eigenvalue weighted by Crippen LogP contribution is -2.14. The van der Waals surface area contributed by atoms with Crippen molar-refractivity contribution in [1.82, 2.24) is 4.98 Å². The Kier molecular flexibility index (Phi) is 4.17. The zero-order valence-corrected chi connectivity index (χ0v) is 11.7. The number of nitrogens with two attached hydrogens (primary N) is 1. The average Bonchev–Trinajstić information content (AvgIpc) is 2.39. The third kappa shape index (κ3) is 3.12. The first-order valence-electron chi connectivity index (χ1n) is 6.52. The topological polar surface area (TPSA) is 48.1 Å². The number of hydrogen-bond acceptors (Lipinski definition) is 3. The van der Waals surface area contributed by atoms with Gasteiger partial charge in [-0.3, -0.25) is 4.98 Å². The summed E-state index contributed by atoms with van der Waals surface area (Å²) in [6, 6.07) is 8.11. The molecule has 2 aromatic rings. The van der Waals surface area contributed by atoms with Crippen LogP contribution in [0.3, 0.4) is 0 Å². The molecule has 3 nitrogen and oxygen atoms in total. The van der Waals surface area contributed by atoms with Crippen molar-refractivity contribution < 1.29 is 4.74 Å². The van der Waals surface area contributed by atoms with Crippen molar-refractivity contribution in [2.45, 2.75) is 26.8 Å². The van der Waals surface area contributed by atoms with Crippen LogP contribution >= 0.6 is 0 Å². The maximum Gasteiger partial charge on any atom is 0.137 e. The van der Waals surface area contributed by atoms with E-state index in [-0.39, 0.29) is 6.04 Å². The lowest BCUT2D eigenvalue weighted by Gasteiger charge is -2.16. The third-order valence-corrected chi connectivity index (χ3v) is 3.16. The fraction of sp³-hybridized carbons (Fsp3) is 0.312. The van der Waals surface area contributed by atoms with Gasteiger partial charge in [-0.05, 0) is 43.5 Å². The van der Waals surface area contributed by atoms with E-state index >= 15 is 0 Å². The van der Waals surface area contributed by atoms with Crippen LogP contribution in [-0.2, 0) is 0 Å². The lowest BCUT2D eigenvalue weighted by molar-refractivity contribution is 0.338. The summed E-state index contributed by atoms with van der Waals surface area (Å²) in [5.41, 5.74) is 10.9. The molecule has 0 aliphatic heterocycles. The second kappa shape index (κ2) is 5.85. The minimum atomic E-state index is -0.173. The summed E-state index contributed by atoms with van der Waals surface area (Å²) >= 11 is 0. The molecule has 1 aromatic carbocycles. The molecule has 0 saturated heterocycles. The predicted molar refractivity (Wildman–Crippen MR) is 77.4 cm³/mol. The van der Waals surface area contributed by atoms with Gasteiger partial charge in [0.15, 0.2) is 0 Å². The van der Waals surface area contributed by atoms with Crippen molar-refractivity contribution >= 4 is 0 Å². The smallest absolute Gasteiger partial charge is 0.137 e. The Morgan fingerprint density at radius 1 is 1.21 bits per heavy atom. The minimum Gasteiger partial charge on any atom is -0.492 e. The quantitative estimate of drug-likeness (QED) is 0.914. The Bertz CT molecular complexity index is 566. The summed E-state index contributed by atoms with van der Waals surface area (Å²) in [6.45, 7) is 6.75. The van der Waals surface area contributed by atoms with Gasteiger partial charge in [-0.1, -0.05) is 23.8 Å². The molecular weight excluding hydrogens is 236 g/mol. The molecule has 1 aromatic heterocycles. The maximum absolute atomic E-state index is 6.34. The van der Waals surface area contributed by atoms with Gasteiger partial charge in [0.05, 0.1) is 18.8 Å². The van der Waals surface area contributed by atoms with Gasteiger partial charge >= 0.3 is 0 Å². The number of ether oxygens (including phenoxy) is 1. The van der Waals surface area contributed by atoms with Crippen molar-refractivity contribution in [3.63, 3.8) is 0 Å². The number of nitrogens with zero attached hydrogens (tertiary/aromatic N) is 1.